The molecule has 1 N–H and O–H groups in total. The number of nitrogens with zero attached hydrogens (tertiary/aromatic N) is 1. The molecule has 0 saturated heterocycles. The van der Waals surface area contributed by atoms with Crippen molar-refractivity contribution in [3.8, 4) is 0 Å². The molecule has 7 heteroatoms. The Hall–Kier alpha value is -1.18. The number of para-hydroxylation sites is 1. The summed E-state index contributed by atoms with van der Waals surface area (Å²) in [6.07, 6.45) is 4.36. The lowest BCUT2D eigenvalue weighted by Gasteiger charge is -2.13. The number of fused-ring (bicyclic) bond motifs is 1. The van der Waals surface area contributed by atoms with E-state index in [1.165, 1.54) is 6.26 Å². The SMILES string of the molecule is COC1CCC(n2c(=S)[nH]c3c(S(C)(=O)=O)cccc32)C1. The molecule has 2 unspecified atom stereocenters. The fourth-order valence-electron chi connectivity index (χ4n) is 3.16. The van der Waals surface area contributed by atoms with Crippen molar-refractivity contribution in [3.63, 3.8) is 0 Å². The second-order valence-corrected chi connectivity index (χ2v) is 7.92. The Kier molecular flexibility index (Phi) is 3.67. The maximum absolute atomic E-state index is 11.9. The fraction of sp³-hybridized carbons (Fsp3) is 0.500. The van der Waals surface area contributed by atoms with Gasteiger partial charge in [-0.05, 0) is 43.6 Å². The van der Waals surface area contributed by atoms with Crippen molar-refractivity contribution in [2.45, 2.75) is 36.3 Å². The van der Waals surface area contributed by atoms with Crippen LogP contribution in [0.5, 0.6) is 0 Å². The minimum absolute atomic E-state index is 0.250. The van der Waals surface area contributed by atoms with Crippen LogP contribution in [0.25, 0.3) is 11.0 Å². The summed E-state index contributed by atoms with van der Waals surface area (Å²) >= 11 is 5.42. The zero-order chi connectivity index (χ0) is 15.2. The molecular formula is C14H18N2O3S2. The highest BCUT2D eigenvalue weighted by Gasteiger charge is 2.28. The maximum atomic E-state index is 11.9. The Morgan fingerprint density at radius 1 is 1.38 bits per heavy atom. The summed E-state index contributed by atoms with van der Waals surface area (Å²) in [5, 5.41) is 0. The third-order valence-corrected chi connectivity index (χ3v) is 5.61. The summed E-state index contributed by atoms with van der Waals surface area (Å²) in [5.74, 6) is 0. The van der Waals surface area contributed by atoms with Gasteiger partial charge in [-0.3, -0.25) is 0 Å². The van der Waals surface area contributed by atoms with Crippen molar-refractivity contribution in [1.82, 2.24) is 9.55 Å². The van der Waals surface area contributed by atoms with Gasteiger partial charge in [0.05, 0.1) is 22.0 Å². The molecule has 0 bridgehead atoms. The number of aromatic nitrogens is 2. The monoisotopic (exact) mass is 326 g/mol. The average molecular weight is 326 g/mol. The second kappa shape index (κ2) is 5.23. The van der Waals surface area contributed by atoms with E-state index in [-0.39, 0.29) is 12.1 Å². The molecule has 1 aliphatic rings. The number of sulfone groups is 1. The number of nitrogens with one attached hydrogen (secondary N) is 1. The molecule has 21 heavy (non-hydrogen) atoms. The molecule has 1 aromatic carbocycles. The van der Waals surface area contributed by atoms with Crippen molar-refractivity contribution >= 4 is 33.1 Å². The normalized spacial score (nSPS) is 23.0. The smallest absolute Gasteiger partial charge is 0.178 e. The van der Waals surface area contributed by atoms with Gasteiger partial charge < -0.3 is 14.3 Å². The van der Waals surface area contributed by atoms with Crippen LogP contribution in [0, 0.1) is 4.77 Å². The molecule has 0 aliphatic heterocycles. The molecule has 2 atom stereocenters. The van der Waals surface area contributed by atoms with Crippen molar-refractivity contribution in [2.24, 2.45) is 0 Å². The van der Waals surface area contributed by atoms with Gasteiger partial charge in [0.2, 0.25) is 0 Å². The number of aromatic amines is 1. The number of H-pyrrole nitrogens is 1. The van der Waals surface area contributed by atoms with Crippen LogP contribution in [-0.4, -0.2) is 37.4 Å². The Labute approximate surface area is 128 Å². The predicted octanol–water partition coefficient (Wildman–Crippen LogP) is 2.84. The van der Waals surface area contributed by atoms with E-state index in [0.717, 1.165) is 24.8 Å². The molecule has 5 nitrogen and oxygen atoms in total. The highest BCUT2D eigenvalue weighted by atomic mass is 32.2. The van der Waals surface area contributed by atoms with Gasteiger partial charge in [-0.1, -0.05) is 6.07 Å². The number of ether oxygens (including phenoxy) is 1. The van der Waals surface area contributed by atoms with Gasteiger partial charge in [-0.25, -0.2) is 8.42 Å². The van der Waals surface area contributed by atoms with E-state index in [1.54, 1.807) is 19.2 Å². The lowest BCUT2D eigenvalue weighted by molar-refractivity contribution is 0.106. The van der Waals surface area contributed by atoms with E-state index in [2.05, 4.69) is 4.98 Å². The Morgan fingerprint density at radius 3 is 2.76 bits per heavy atom. The van der Waals surface area contributed by atoms with E-state index < -0.39 is 9.84 Å². The number of hydrogen-bond acceptors (Lipinski definition) is 4. The van der Waals surface area contributed by atoms with E-state index in [9.17, 15) is 8.42 Å². The van der Waals surface area contributed by atoms with Gasteiger partial charge in [-0.2, -0.15) is 0 Å². The Balaban J connectivity index is 2.18. The summed E-state index contributed by atoms with van der Waals surface area (Å²) in [5.41, 5.74) is 1.45. The van der Waals surface area contributed by atoms with Crippen LogP contribution in [0.1, 0.15) is 25.3 Å². The Bertz CT molecular complexity index is 836. The molecule has 0 spiro atoms. The van der Waals surface area contributed by atoms with Crippen LogP contribution in [0.3, 0.4) is 0 Å². The van der Waals surface area contributed by atoms with Gasteiger partial charge in [0.15, 0.2) is 14.6 Å². The molecule has 0 radical (unpaired) electrons. The average Bonchev–Trinajstić information content (AvgIpc) is 2.99. The van der Waals surface area contributed by atoms with Crippen molar-refractivity contribution in [3.05, 3.63) is 23.0 Å². The van der Waals surface area contributed by atoms with E-state index in [4.69, 9.17) is 17.0 Å². The van der Waals surface area contributed by atoms with Gasteiger partial charge in [0.1, 0.15) is 0 Å². The summed E-state index contributed by atoms with van der Waals surface area (Å²) in [7, 11) is -1.56. The zero-order valence-corrected chi connectivity index (χ0v) is 13.6. The lowest BCUT2D eigenvalue weighted by Crippen LogP contribution is -2.09. The van der Waals surface area contributed by atoms with E-state index in [1.807, 2.05) is 10.6 Å². The number of imidazole rings is 1. The molecule has 114 valence electrons. The topological polar surface area (TPSA) is 64.1 Å². The number of rotatable bonds is 3. The first-order valence-corrected chi connectivity index (χ1v) is 9.18. The van der Waals surface area contributed by atoms with E-state index >= 15 is 0 Å². The van der Waals surface area contributed by atoms with Crippen molar-refractivity contribution < 1.29 is 13.2 Å². The standard InChI is InChI=1S/C14H18N2O3S2/c1-19-10-7-6-9(8-10)16-11-4-3-5-12(21(2,17)18)13(11)15-14(16)20/h3-5,9-10H,6-8H2,1-2H3,(H,15,20). The fourth-order valence-corrected chi connectivity index (χ4v) is 4.36. The minimum Gasteiger partial charge on any atom is -0.381 e. The highest BCUT2D eigenvalue weighted by Crippen LogP contribution is 2.35. The lowest BCUT2D eigenvalue weighted by atomic mass is 10.2. The first kappa shape index (κ1) is 14.7. The van der Waals surface area contributed by atoms with Crippen LogP contribution in [0.4, 0.5) is 0 Å². The quantitative estimate of drug-likeness (QED) is 0.881. The molecule has 3 rings (SSSR count). The highest BCUT2D eigenvalue weighted by molar-refractivity contribution is 7.91. The molecular weight excluding hydrogens is 308 g/mol. The van der Waals surface area contributed by atoms with Crippen molar-refractivity contribution in [2.75, 3.05) is 13.4 Å². The summed E-state index contributed by atoms with van der Waals surface area (Å²) in [6, 6.07) is 5.54. The molecule has 1 fully saturated rings. The van der Waals surface area contributed by atoms with Crippen LogP contribution in [-0.2, 0) is 14.6 Å². The first-order valence-electron chi connectivity index (χ1n) is 6.88. The van der Waals surface area contributed by atoms with Crippen LogP contribution in [0.2, 0.25) is 0 Å². The third-order valence-electron chi connectivity index (χ3n) is 4.17. The molecule has 1 heterocycles. The summed E-state index contributed by atoms with van der Waals surface area (Å²) < 4.78 is 31.8. The zero-order valence-electron chi connectivity index (χ0n) is 12.0. The number of hydrogen-bond donors (Lipinski definition) is 1. The van der Waals surface area contributed by atoms with Gasteiger partial charge in [-0.15, -0.1) is 0 Å². The Morgan fingerprint density at radius 2 is 2.14 bits per heavy atom. The van der Waals surface area contributed by atoms with Crippen LogP contribution in [0.15, 0.2) is 23.1 Å². The summed E-state index contributed by atoms with van der Waals surface area (Å²) in [4.78, 5) is 3.37. The number of benzene rings is 1. The largest absolute Gasteiger partial charge is 0.381 e. The molecule has 0 amide bonds. The first-order chi connectivity index (χ1) is 9.91. The predicted molar refractivity (Wildman–Crippen MR) is 83.9 cm³/mol. The van der Waals surface area contributed by atoms with Crippen molar-refractivity contribution in [1.29, 1.82) is 0 Å². The molecule has 1 saturated carbocycles. The second-order valence-electron chi connectivity index (χ2n) is 5.55. The number of methoxy groups -OCH3 is 1. The van der Waals surface area contributed by atoms with Gasteiger partial charge in [0.25, 0.3) is 0 Å². The minimum atomic E-state index is -3.29. The summed E-state index contributed by atoms with van der Waals surface area (Å²) in [6.45, 7) is 0. The maximum Gasteiger partial charge on any atom is 0.178 e. The van der Waals surface area contributed by atoms with Crippen LogP contribution >= 0.6 is 12.2 Å². The molecule has 1 aromatic heterocycles. The van der Waals surface area contributed by atoms with Crippen LogP contribution < -0.4 is 0 Å². The van der Waals surface area contributed by atoms with Gasteiger partial charge >= 0.3 is 0 Å². The molecule has 1 aliphatic carbocycles. The van der Waals surface area contributed by atoms with E-state index in [0.29, 0.717) is 15.2 Å². The van der Waals surface area contributed by atoms with Gasteiger partial charge in [0, 0.05) is 19.4 Å². The third kappa shape index (κ3) is 2.54. The molecule has 2 aromatic rings.